The molecule has 1 aromatic rings. The van der Waals surface area contributed by atoms with Gasteiger partial charge in [-0.25, -0.2) is 4.39 Å². The van der Waals surface area contributed by atoms with Gasteiger partial charge in [0, 0.05) is 17.9 Å². The maximum Gasteiger partial charge on any atom is 0.306 e. The molecule has 0 aliphatic heterocycles. The number of hydroxylamine groups is 1. The van der Waals surface area contributed by atoms with Gasteiger partial charge in [0.2, 0.25) is 12.2 Å². The number of amides is 1. The minimum atomic E-state index is -0.602. The zero-order valence-corrected chi connectivity index (χ0v) is 22.3. The number of hydrazine groups is 1. The molecule has 2 rings (SSSR count). The summed E-state index contributed by atoms with van der Waals surface area (Å²) in [5.74, 6) is -1.39. The quantitative estimate of drug-likeness (QED) is 0.117. The number of nitrogens with zero attached hydrogens (tertiary/aromatic N) is 1. The molecule has 1 fully saturated rings. The second kappa shape index (κ2) is 16.9. The first kappa shape index (κ1) is 32.3. The predicted molar refractivity (Wildman–Crippen MR) is 144 cm³/mol. The summed E-state index contributed by atoms with van der Waals surface area (Å²) in [5, 5.41) is 21.9. The molecule has 0 atom stereocenters. The second-order valence-electron chi connectivity index (χ2n) is 9.14. The summed E-state index contributed by atoms with van der Waals surface area (Å²) >= 11 is 0. The number of carbonyl (C=O) groups is 3. The molecule has 6 N–H and O–H groups in total. The maximum atomic E-state index is 12.9. The van der Waals surface area contributed by atoms with Crippen molar-refractivity contribution in [2.75, 3.05) is 6.54 Å². The summed E-state index contributed by atoms with van der Waals surface area (Å²) in [5.41, 5.74) is 10.8. The maximum absolute atomic E-state index is 12.9. The van der Waals surface area contributed by atoms with Gasteiger partial charge in [0.1, 0.15) is 11.5 Å². The number of ketones is 1. The van der Waals surface area contributed by atoms with E-state index in [0.29, 0.717) is 29.7 Å². The molecular weight excluding hydrogens is 491 g/mol. The van der Waals surface area contributed by atoms with Crippen molar-refractivity contribution in [3.05, 3.63) is 82.6 Å². The zero-order valence-electron chi connectivity index (χ0n) is 22.3. The number of benzene rings is 1. The lowest BCUT2D eigenvalue weighted by Gasteiger charge is -2.20. The minimum Gasteiger partial charge on any atom is -0.481 e. The highest BCUT2D eigenvalue weighted by atomic mass is 19.1. The van der Waals surface area contributed by atoms with E-state index in [2.05, 4.69) is 17.3 Å². The van der Waals surface area contributed by atoms with Crippen molar-refractivity contribution in [1.82, 2.24) is 15.9 Å². The number of hydrogen-bond acceptors (Lipinski definition) is 7. The van der Waals surface area contributed by atoms with Crippen LogP contribution in [0.3, 0.4) is 0 Å². The lowest BCUT2D eigenvalue weighted by Crippen LogP contribution is -2.39. The number of nitrogens with one attached hydrogen (secondary N) is 2. The van der Waals surface area contributed by atoms with E-state index < -0.39 is 11.8 Å². The summed E-state index contributed by atoms with van der Waals surface area (Å²) in [7, 11) is 0. The van der Waals surface area contributed by atoms with E-state index in [1.165, 1.54) is 31.6 Å². The first-order chi connectivity index (χ1) is 18.0. The van der Waals surface area contributed by atoms with Gasteiger partial charge in [-0.2, -0.15) is 0 Å². The standard InChI is InChI=1S/C21H27FN4O3.C7H12O2/c1-14(2)19(24-13-27)10-5-15(3)21(28)20(16(4)23)25-26(29)12-11-17-6-8-18(22)9-7-17;8-7(9)6-4-2-1-3-5-6/h5-10,13,25,29H,1,11-12,23H2,2-4H3,(H,24,27);6H,1-5H2,(H,8,9)/b15-5+,19-10+,20-16+;. The highest BCUT2D eigenvalue weighted by Gasteiger charge is 2.19. The molecule has 0 saturated heterocycles. The number of carboxylic acids is 1. The molecule has 0 radical (unpaired) electrons. The third-order valence-electron chi connectivity index (χ3n) is 5.87. The van der Waals surface area contributed by atoms with Gasteiger partial charge >= 0.3 is 5.97 Å². The van der Waals surface area contributed by atoms with Crippen LogP contribution in [0.1, 0.15) is 58.4 Å². The Bertz CT molecular complexity index is 1050. The Morgan fingerprint density at radius 3 is 2.21 bits per heavy atom. The van der Waals surface area contributed by atoms with Crippen molar-refractivity contribution in [1.29, 1.82) is 0 Å². The SMILES string of the molecule is C=C(C)/C(=C\C=C(/C)C(=O)/C(NN(O)CCc1ccc(F)cc1)=C(/C)N)NC=O.O=C(O)C1CCCCC1. The number of aliphatic carboxylic acids is 1. The van der Waals surface area contributed by atoms with Gasteiger partial charge in [-0.3, -0.25) is 25.0 Å². The Morgan fingerprint density at radius 1 is 1.13 bits per heavy atom. The average Bonchev–Trinajstić information content (AvgIpc) is 2.89. The molecule has 1 saturated carbocycles. The number of Topliss-reactive ketones (excluding diaryl/α,β-unsaturated/α-hetero) is 1. The Kier molecular flexibility index (Phi) is 14.3. The summed E-state index contributed by atoms with van der Waals surface area (Å²) in [6.45, 7) is 8.72. The molecule has 0 heterocycles. The smallest absolute Gasteiger partial charge is 0.306 e. The van der Waals surface area contributed by atoms with Crippen molar-refractivity contribution in [3.8, 4) is 0 Å². The summed E-state index contributed by atoms with van der Waals surface area (Å²) < 4.78 is 12.9. The first-order valence-corrected chi connectivity index (χ1v) is 12.4. The van der Waals surface area contributed by atoms with Gasteiger partial charge in [0.15, 0.2) is 0 Å². The molecule has 1 aliphatic carbocycles. The number of nitrogens with two attached hydrogens (primary N) is 1. The van der Waals surface area contributed by atoms with Gasteiger partial charge in [-0.1, -0.05) is 44.1 Å². The fourth-order valence-electron chi connectivity index (χ4n) is 3.60. The molecule has 0 aromatic heterocycles. The van der Waals surface area contributed by atoms with Gasteiger partial charge in [-0.05, 0) is 75.0 Å². The van der Waals surface area contributed by atoms with E-state index in [9.17, 15) is 24.0 Å². The van der Waals surface area contributed by atoms with Gasteiger partial charge in [0.25, 0.3) is 0 Å². The summed E-state index contributed by atoms with van der Waals surface area (Å²) in [6.07, 6.45) is 9.26. The van der Waals surface area contributed by atoms with Crippen LogP contribution in [0.4, 0.5) is 4.39 Å². The van der Waals surface area contributed by atoms with E-state index in [4.69, 9.17) is 10.8 Å². The Labute approximate surface area is 223 Å². The molecule has 0 unspecified atom stereocenters. The highest BCUT2D eigenvalue weighted by molar-refractivity contribution is 6.07. The van der Waals surface area contributed by atoms with Crippen LogP contribution in [-0.2, 0) is 20.8 Å². The zero-order chi connectivity index (χ0) is 28.7. The van der Waals surface area contributed by atoms with Gasteiger partial charge in [0.05, 0.1) is 5.92 Å². The van der Waals surface area contributed by atoms with E-state index >= 15 is 0 Å². The van der Waals surface area contributed by atoms with Crippen molar-refractivity contribution < 1.29 is 29.1 Å². The monoisotopic (exact) mass is 530 g/mol. The van der Waals surface area contributed by atoms with E-state index in [1.807, 2.05) is 0 Å². The predicted octanol–water partition coefficient (Wildman–Crippen LogP) is 4.13. The Balaban J connectivity index is 0.000000671. The molecule has 0 spiro atoms. The Morgan fingerprint density at radius 2 is 1.74 bits per heavy atom. The van der Waals surface area contributed by atoms with Crippen LogP contribution in [0.5, 0.6) is 0 Å². The van der Waals surface area contributed by atoms with Crippen LogP contribution < -0.4 is 16.5 Å². The fourth-order valence-corrected chi connectivity index (χ4v) is 3.60. The van der Waals surface area contributed by atoms with E-state index in [-0.39, 0.29) is 29.7 Å². The fraction of sp³-hybridized carbons (Fsp3) is 0.393. The number of allylic oxidation sites excluding steroid dienone is 5. The molecule has 9 nitrogen and oxygen atoms in total. The first-order valence-electron chi connectivity index (χ1n) is 12.4. The molecule has 1 amide bonds. The average molecular weight is 531 g/mol. The molecule has 38 heavy (non-hydrogen) atoms. The van der Waals surface area contributed by atoms with E-state index in [0.717, 1.165) is 36.4 Å². The Hall–Kier alpha value is -3.76. The van der Waals surface area contributed by atoms with Crippen molar-refractivity contribution in [2.24, 2.45) is 11.7 Å². The lowest BCUT2D eigenvalue weighted by molar-refractivity contribution is -0.142. The number of rotatable bonds is 12. The van der Waals surface area contributed by atoms with Crippen LogP contribution in [0.2, 0.25) is 0 Å². The second-order valence-corrected chi connectivity index (χ2v) is 9.14. The van der Waals surface area contributed by atoms with Crippen molar-refractivity contribution in [3.63, 3.8) is 0 Å². The van der Waals surface area contributed by atoms with E-state index in [1.54, 1.807) is 32.1 Å². The van der Waals surface area contributed by atoms with Crippen LogP contribution in [0.25, 0.3) is 0 Å². The number of carboxylic acid groups (broad SMARTS) is 1. The molecule has 1 aromatic carbocycles. The minimum absolute atomic E-state index is 0.0222. The van der Waals surface area contributed by atoms with Gasteiger partial charge in [-0.15, -0.1) is 5.17 Å². The number of carbonyl (C=O) groups excluding carboxylic acids is 2. The summed E-state index contributed by atoms with van der Waals surface area (Å²) in [4.78, 5) is 33.7. The third kappa shape index (κ3) is 12.0. The molecule has 208 valence electrons. The largest absolute Gasteiger partial charge is 0.481 e. The molecular formula is C28H39FN4O5. The highest BCUT2D eigenvalue weighted by Crippen LogP contribution is 2.23. The van der Waals surface area contributed by atoms with Gasteiger partial charge < -0.3 is 16.2 Å². The van der Waals surface area contributed by atoms with Crippen LogP contribution in [0, 0.1) is 11.7 Å². The third-order valence-corrected chi connectivity index (χ3v) is 5.87. The lowest BCUT2D eigenvalue weighted by atomic mass is 9.90. The van der Waals surface area contributed by atoms with Crippen LogP contribution in [-0.4, -0.2) is 40.2 Å². The molecule has 1 aliphatic rings. The van der Waals surface area contributed by atoms with Crippen molar-refractivity contribution >= 4 is 18.2 Å². The van der Waals surface area contributed by atoms with Crippen LogP contribution >= 0.6 is 0 Å². The summed E-state index contributed by atoms with van der Waals surface area (Å²) in [6, 6.07) is 5.91. The molecule has 10 heteroatoms. The normalized spacial score (nSPS) is 15.1. The topological polar surface area (TPSA) is 145 Å². The molecule has 0 bridgehead atoms. The van der Waals surface area contributed by atoms with Crippen LogP contribution in [0.15, 0.2) is 71.2 Å². The number of halogens is 1. The number of hydrogen-bond donors (Lipinski definition) is 5. The van der Waals surface area contributed by atoms with Crippen molar-refractivity contribution in [2.45, 2.75) is 59.3 Å².